The first-order valence-corrected chi connectivity index (χ1v) is 5.61. The highest BCUT2D eigenvalue weighted by molar-refractivity contribution is 9.11. The number of hydrogen-bond donors (Lipinski definition) is 0. The summed E-state index contributed by atoms with van der Waals surface area (Å²) in [5, 5.41) is 0. The molecule has 15 heavy (non-hydrogen) atoms. The molecule has 0 aliphatic rings. The lowest BCUT2D eigenvalue weighted by molar-refractivity contribution is 0.0595. The van der Waals surface area contributed by atoms with Crippen molar-refractivity contribution in [3.8, 4) is 10.6 Å². The molecule has 2 aromatic heterocycles. The fraction of sp³-hybridized carbons (Fsp3) is 0.111. The van der Waals surface area contributed by atoms with E-state index in [-0.39, 0.29) is 5.69 Å². The molecule has 78 valence electrons. The Labute approximate surface area is 98.0 Å². The molecule has 0 aliphatic heterocycles. The average molecular weight is 288 g/mol. The maximum Gasteiger partial charge on any atom is 0.360 e. The van der Waals surface area contributed by atoms with Gasteiger partial charge in [-0.15, -0.1) is 11.3 Å². The summed E-state index contributed by atoms with van der Waals surface area (Å²) in [6.07, 6.45) is 1.23. The number of nitrogens with zero attached hydrogens (tertiary/aromatic N) is 1. The van der Waals surface area contributed by atoms with Crippen LogP contribution in [0.5, 0.6) is 0 Å². The van der Waals surface area contributed by atoms with Crippen molar-refractivity contribution in [3.05, 3.63) is 28.0 Å². The van der Waals surface area contributed by atoms with Crippen LogP contribution in [0.3, 0.4) is 0 Å². The first-order valence-electron chi connectivity index (χ1n) is 4.00. The summed E-state index contributed by atoms with van der Waals surface area (Å²) in [6.45, 7) is 0. The standard InChI is InChI=1S/C9H6BrNO3S/c1-13-9(12)7-8(14-4-11-7)5-2-3-6(10)15-5/h2-4H,1H3. The Kier molecular flexibility index (Phi) is 2.88. The maximum atomic E-state index is 11.3. The molecule has 0 spiro atoms. The van der Waals surface area contributed by atoms with Gasteiger partial charge in [-0.05, 0) is 28.1 Å². The quantitative estimate of drug-likeness (QED) is 0.797. The van der Waals surface area contributed by atoms with E-state index >= 15 is 0 Å². The SMILES string of the molecule is COC(=O)c1ncoc1-c1ccc(Br)s1. The Morgan fingerprint density at radius 2 is 2.40 bits per heavy atom. The zero-order valence-corrected chi connectivity index (χ0v) is 10.1. The summed E-state index contributed by atoms with van der Waals surface area (Å²) < 4.78 is 10.7. The molecule has 0 saturated carbocycles. The molecule has 0 saturated heterocycles. The molecule has 2 aromatic rings. The van der Waals surface area contributed by atoms with Crippen LogP contribution < -0.4 is 0 Å². The van der Waals surface area contributed by atoms with E-state index in [1.54, 1.807) is 0 Å². The fourth-order valence-corrected chi connectivity index (χ4v) is 2.47. The van der Waals surface area contributed by atoms with Crippen molar-refractivity contribution in [1.82, 2.24) is 4.98 Å². The summed E-state index contributed by atoms with van der Waals surface area (Å²) in [5.41, 5.74) is 0.201. The maximum absolute atomic E-state index is 11.3. The molecule has 2 heterocycles. The summed E-state index contributed by atoms with van der Waals surface area (Å²) in [5.74, 6) is -0.0548. The Balaban J connectivity index is 2.45. The zero-order valence-electron chi connectivity index (χ0n) is 7.69. The normalized spacial score (nSPS) is 10.3. The van der Waals surface area contributed by atoms with Crippen molar-refractivity contribution in [3.63, 3.8) is 0 Å². The Morgan fingerprint density at radius 3 is 3.00 bits per heavy atom. The van der Waals surface area contributed by atoms with Gasteiger partial charge in [-0.25, -0.2) is 9.78 Å². The molecule has 0 radical (unpaired) electrons. The van der Waals surface area contributed by atoms with E-state index < -0.39 is 5.97 Å². The highest BCUT2D eigenvalue weighted by atomic mass is 79.9. The molecule has 0 atom stereocenters. The second-order valence-corrected chi connectivity index (χ2v) is 5.09. The number of oxazole rings is 1. The first kappa shape index (κ1) is 10.4. The van der Waals surface area contributed by atoms with E-state index in [9.17, 15) is 4.79 Å². The van der Waals surface area contributed by atoms with E-state index in [1.165, 1.54) is 24.8 Å². The predicted octanol–water partition coefficient (Wildman–Crippen LogP) is 2.95. The van der Waals surface area contributed by atoms with Gasteiger partial charge in [0.15, 0.2) is 17.8 Å². The van der Waals surface area contributed by atoms with Crippen LogP contribution >= 0.6 is 27.3 Å². The number of thiophene rings is 1. The summed E-state index contributed by atoms with van der Waals surface area (Å²) in [7, 11) is 1.31. The molecule has 2 rings (SSSR count). The molecule has 4 nitrogen and oxygen atoms in total. The highest BCUT2D eigenvalue weighted by Crippen LogP contribution is 2.33. The Hall–Kier alpha value is -1.14. The van der Waals surface area contributed by atoms with Gasteiger partial charge in [-0.2, -0.15) is 0 Å². The third-order valence-electron chi connectivity index (χ3n) is 1.74. The van der Waals surface area contributed by atoms with Crippen LogP contribution in [0, 0.1) is 0 Å². The summed E-state index contributed by atoms with van der Waals surface area (Å²) in [4.78, 5) is 16.0. The van der Waals surface area contributed by atoms with Gasteiger partial charge in [-0.3, -0.25) is 0 Å². The van der Waals surface area contributed by atoms with Crippen LogP contribution in [-0.4, -0.2) is 18.1 Å². The average Bonchev–Trinajstić information content (AvgIpc) is 2.84. The number of hydrogen-bond acceptors (Lipinski definition) is 5. The molecule has 0 aromatic carbocycles. The van der Waals surface area contributed by atoms with Crippen molar-refractivity contribution < 1.29 is 13.9 Å². The van der Waals surface area contributed by atoms with Crippen LogP contribution in [0.15, 0.2) is 26.7 Å². The number of methoxy groups -OCH3 is 1. The number of ether oxygens (including phenoxy) is 1. The van der Waals surface area contributed by atoms with Gasteiger partial charge in [-0.1, -0.05) is 0 Å². The van der Waals surface area contributed by atoms with Crippen molar-refractivity contribution in [2.24, 2.45) is 0 Å². The number of carbonyl (C=O) groups excluding carboxylic acids is 1. The van der Waals surface area contributed by atoms with Crippen molar-refractivity contribution in [2.45, 2.75) is 0 Å². The lowest BCUT2D eigenvalue weighted by Gasteiger charge is -1.95. The topological polar surface area (TPSA) is 52.3 Å². The minimum absolute atomic E-state index is 0.201. The van der Waals surface area contributed by atoms with Gasteiger partial charge in [0.2, 0.25) is 0 Å². The van der Waals surface area contributed by atoms with Gasteiger partial charge >= 0.3 is 5.97 Å². The zero-order chi connectivity index (χ0) is 10.8. The largest absolute Gasteiger partial charge is 0.464 e. The number of aromatic nitrogens is 1. The predicted molar refractivity (Wildman–Crippen MR) is 58.9 cm³/mol. The van der Waals surface area contributed by atoms with Gasteiger partial charge < -0.3 is 9.15 Å². The summed E-state index contributed by atoms with van der Waals surface area (Å²) >= 11 is 4.80. The molecule has 0 amide bonds. The summed E-state index contributed by atoms with van der Waals surface area (Å²) in [6, 6.07) is 3.73. The van der Waals surface area contributed by atoms with Crippen LogP contribution in [-0.2, 0) is 4.74 Å². The van der Waals surface area contributed by atoms with Crippen molar-refractivity contribution >= 4 is 33.2 Å². The van der Waals surface area contributed by atoms with Crippen molar-refractivity contribution in [2.75, 3.05) is 7.11 Å². The Morgan fingerprint density at radius 1 is 1.60 bits per heavy atom. The second kappa shape index (κ2) is 4.16. The minimum Gasteiger partial charge on any atom is -0.464 e. The monoisotopic (exact) mass is 287 g/mol. The van der Waals surface area contributed by atoms with E-state index in [4.69, 9.17) is 4.42 Å². The van der Waals surface area contributed by atoms with Gasteiger partial charge in [0.1, 0.15) is 0 Å². The fourth-order valence-electron chi connectivity index (χ4n) is 1.10. The lowest BCUT2D eigenvalue weighted by Crippen LogP contribution is -2.02. The van der Waals surface area contributed by atoms with Gasteiger partial charge in [0, 0.05) is 0 Å². The molecular formula is C9H6BrNO3S. The van der Waals surface area contributed by atoms with E-state index in [0.29, 0.717) is 5.76 Å². The molecule has 0 bridgehead atoms. The number of rotatable bonds is 2. The minimum atomic E-state index is -0.497. The van der Waals surface area contributed by atoms with E-state index in [0.717, 1.165) is 8.66 Å². The molecule has 0 N–H and O–H groups in total. The van der Waals surface area contributed by atoms with Crippen LogP contribution in [0.2, 0.25) is 0 Å². The lowest BCUT2D eigenvalue weighted by atomic mass is 10.3. The number of halogens is 1. The molecule has 0 fully saturated rings. The van der Waals surface area contributed by atoms with Gasteiger partial charge in [0.25, 0.3) is 0 Å². The molecule has 6 heteroatoms. The molecular weight excluding hydrogens is 282 g/mol. The van der Waals surface area contributed by atoms with E-state index in [1.807, 2.05) is 12.1 Å². The van der Waals surface area contributed by atoms with E-state index in [2.05, 4.69) is 25.7 Å². The van der Waals surface area contributed by atoms with Gasteiger partial charge in [0.05, 0.1) is 15.8 Å². The van der Waals surface area contributed by atoms with Crippen LogP contribution in [0.4, 0.5) is 0 Å². The van der Waals surface area contributed by atoms with Crippen LogP contribution in [0.1, 0.15) is 10.5 Å². The smallest absolute Gasteiger partial charge is 0.360 e. The molecule has 0 unspecified atom stereocenters. The number of esters is 1. The first-order chi connectivity index (χ1) is 7.22. The third-order valence-corrected chi connectivity index (χ3v) is 3.37. The number of carbonyl (C=O) groups is 1. The third kappa shape index (κ3) is 1.95. The highest BCUT2D eigenvalue weighted by Gasteiger charge is 2.19. The van der Waals surface area contributed by atoms with Crippen molar-refractivity contribution in [1.29, 1.82) is 0 Å². The molecule has 0 aliphatic carbocycles. The Bertz CT molecular complexity index is 491. The van der Waals surface area contributed by atoms with Crippen LogP contribution in [0.25, 0.3) is 10.6 Å². The second-order valence-electron chi connectivity index (χ2n) is 2.63.